The predicted octanol–water partition coefficient (Wildman–Crippen LogP) is 19.7. The minimum atomic E-state index is -4.95. The van der Waals surface area contributed by atoms with Crippen molar-refractivity contribution >= 4 is 39.5 Å². The van der Waals surface area contributed by atoms with Gasteiger partial charge in [-0.05, 0) is 31.6 Å². The quantitative estimate of drug-likeness (QED) is 0.0222. The van der Waals surface area contributed by atoms with E-state index in [9.17, 15) is 43.2 Å². The van der Waals surface area contributed by atoms with Crippen LogP contribution in [0.2, 0.25) is 0 Å². The molecular weight excluding hydrogens is 1160 g/mol. The Bertz CT molecular complexity index is 1710. The number of phosphoric acid groups is 2. The summed E-state index contributed by atoms with van der Waals surface area (Å²) in [5.74, 6) is -1.27. The maximum atomic E-state index is 13.0. The highest BCUT2D eigenvalue weighted by Gasteiger charge is 2.30. The molecule has 0 spiro atoms. The summed E-state index contributed by atoms with van der Waals surface area (Å²) in [7, 11) is -9.88. The third-order valence-electron chi connectivity index (χ3n) is 16.4. The van der Waals surface area contributed by atoms with E-state index in [1.54, 1.807) is 0 Å². The van der Waals surface area contributed by atoms with Crippen molar-refractivity contribution in [2.45, 2.75) is 374 Å². The lowest BCUT2D eigenvalue weighted by molar-refractivity contribution is -0.161. The molecule has 88 heavy (non-hydrogen) atoms. The molecule has 19 heteroatoms. The van der Waals surface area contributed by atoms with E-state index < -0.39 is 97.5 Å². The first-order valence-corrected chi connectivity index (χ1v) is 39.2. The largest absolute Gasteiger partial charge is 0.472 e. The van der Waals surface area contributed by atoms with Crippen LogP contribution in [0.15, 0.2) is 0 Å². The molecule has 0 aliphatic heterocycles. The minimum absolute atomic E-state index is 0.106. The number of aliphatic hydroxyl groups excluding tert-OH is 1. The van der Waals surface area contributed by atoms with Gasteiger partial charge in [-0.25, -0.2) is 9.13 Å². The molecule has 0 aliphatic carbocycles. The number of rotatable bonds is 69. The van der Waals surface area contributed by atoms with E-state index >= 15 is 0 Å². The van der Waals surface area contributed by atoms with Crippen LogP contribution in [0.4, 0.5) is 0 Å². The molecule has 0 saturated heterocycles. The molecule has 0 aromatic carbocycles. The Morgan fingerprint density at radius 1 is 0.318 bits per heavy atom. The Balaban J connectivity index is 5.07. The molecule has 0 bridgehead atoms. The Labute approximate surface area is 537 Å². The summed E-state index contributed by atoms with van der Waals surface area (Å²) in [5, 5.41) is 10.5. The van der Waals surface area contributed by atoms with E-state index in [4.69, 9.17) is 37.0 Å². The van der Waals surface area contributed by atoms with Gasteiger partial charge in [-0.3, -0.25) is 37.3 Å². The van der Waals surface area contributed by atoms with Crippen molar-refractivity contribution in [3.05, 3.63) is 0 Å². The van der Waals surface area contributed by atoms with Gasteiger partial charge in [0.1, 0.15) is 19.3 Å². The Morgan fingerprint density at radius 2 is 0.545 bits per heavy atom. The Morgan fingerprint density at radius 3 is 0.807 bits per heavy atom. The topological polar surface area (TPSA) is 237 Å². The predicted molar refractivity (Wildman–Crippen MR) is 354 cm³/mol. The van der Waals surface area contributed by atoms with Crippen LogP contribution in [-0.2, 0) is 65.4 Å². The third kappa shape index (κ3) is 61.6. The average Bonchev–Trinajstić information content (AvgIpc) is 3.53. The van der Waals surface area contributed by atoms with Crippen LogP contribution in [0, 0.1) is 5.92 Å². The van der Waals surface area contributed by atoms with Crippen LogP contribution in [0.3, 0.4) is 0 Å². The number of ether oxygens (including phenoxy) is 4. The molecule has 6 atom stereocenters. The summed E-state index contributed by atoms with van der Waals surface area (Å²) < 4.78 is 67.9. The fourth-order valence-corrected chi connectivity index (χ4v) is 12.0. The summed E-state index contributed by atoms with van der Waals surface area (Å²) in [6.45, 7) is 7.20. The molecule has 3 N–H and O–H groups in total. The van der Waals surface area contributed by atoms with Gasteiger partial charge >= 0.3 is 39.5 Å². The van der Waals surface area contributed by atoms with Crippen LogP contribution < -0.4 is 0 Å². The van der Waals surface area contributed by atoms with Crippen LogP contribution in [0.25, 0.3) is 0 Å². The van der Waals surface area contributed by atoms with Gasteiger partial charge in [0.2, 0.25) is 0 Å². The maximum Gasteiger partial charge on any atom is 0.472 e. The van der Waals surface area contributed by atoms with E-state index in [1.807, 2.05) is 0 Å². The molecule has 17 nitrogen and oxygen atoms in total. The van der Waals surface area contributed by atoms with Crippen molar-refractivity contribution in [3.8, 4) is 0 Å². The van der Waals surface area contributed by atoms with E-state index in [2.05, 4.69) is 34.6 Å². The standard InChI is InChI=1S/C69H134O17P2/c1-6-10-13-16-18-20-30-35-38-43-48-53-67(72)80-59-65(86-69(74)55-50-45-40-36-32-29-27-25-23-22-24-26-28-31-33-37-42-46-51-62(5)9-4)61-84-88(77,78)82-57-63(70)56-81-87(75,76)83-60-64(58-79-66(71)52-47-41-15-12-8-3)85-68(73)54-49-44-39-34-21-19-17-14-11-7-2/h62-65,70H,6-61H2,1-5H3,(H,75,76)(H,77,78)/t62?,63-,64+,65+/m0/s1. The SMILES string of the molecule is CCCCCCCCCCCCCC(=O)OC[C@H](COP(=O)(O)OC[C@@H](O)COP(=O)(O)OC[C@@H](COC(=O)CCCCCCC)OC(=O)CCCCCCCCCCCC)OC(=O)CCCCCCCCCCCCCCCCCCCCC(C)CC. The van der Waals surface area contributed by atoms with Crippen LogP contribution in [0.5, 0.6) is 0 Å². The normalized spacial score (nSPS) is 14.4. The van der Waals surface area contributed by atoms with Gasteiger partial charge in [0.15, 0.2) is 12.2 Å². The number of carbonyl (C=O) groups is 4. The van der Waals surface area contributed by atoms with E-state index in [-0.39, 0.29) is 25.7 Å². The number of unbranched alkanes of at least 4 members (excludes halogenated alkanes) is 40. The zero-order valence-electron chi connectivity index (χ0n) is 56.9. The number of hydrogen-bond acceptors (Lipinski definition) is 15. The summed E-state index contributed by atoms with van der Waals surface area (Å²) in [6, 6.07) is 0. The molecule has 0 aromatic rings. The van der Waals surface area contributed by atoms with Crippen molar-refractivity contribution in [2.24, 2.45) is 5.92 Å². The molecule has 0 fully saturated rings. The van der Waals surface area contributed by atoms with Crippen molar-refractivity contribution < 1.29 is 80.2 Å². The molecule has 522 valence electrons. The highest BCUT2D eigenvalue weighted by Crippen LogP contribution is 2.45. The van der Waals surface area contributed by atoms with E-state index in [0.717, 1.165) is 102 Å². The molecule has 3 unspecified atom stereocenters. The van der Waals surface area contributed by atoms with E-state index in [1.165, 1.54) is 173 Å². The molecular formula is C69H134O17P2. The zero-order valence-corrected chi connectivity index (χ0v) is 58.6. The van der Waals surface area contributed by atoms with Crippen LogP contribution in [-0.4, -0.2) is 96.7 Å². The number of carbonyl (C=O) groups excluding carboxylic acids is 4. The zero-order chi connectivity index (χ0) is 64.9. The second-order valence-corrected chi connectivity index (χ2v) is 28.1. The second kappa shape index (κ2) is 62.5. The fraction of sp³-hybridized carbons (Fsp3) is 0.942. The summed E-state index contributed by atoms with van der Waals surface area (Å²) in [6.07, 6.45) is 49.0. The summed E-state index contributed by atoms with van der Waals surface area (Å²) >= 11 is 0. The average molecular weight is 1300 g/mol. The van der Waals surface area contributed by atoms with Gasteiger partial charge in [-0.1, -0.05) is 304 Å². The number of hydrogen-bond donors (Lipinski definition) is 3. The molecule has 0 saturated carbocycles. The van der Waals surface area contributed by atoms with Gasteiger partial charge in [0, 0.05) is 25.7 Å². The number of esters is 4. The van der Waals surface area contributed by atoms with Gasteiger partial charge in [-0.2, -0.15) is 0 Å². The van der Waals surface area contributed by atoms with Crippen molar-refractivity contribution in [2.75, 3.05) is 39.6 Å². The lowest BCUT2D eigenvalue weighted by atomic mass is 9.99. The number of phosphoric ester groups is 2. The molecule has 0 radical (unpaired) electrons. The van der Waals surface area contributed by atoms with Crippen LogP contribution in [0.1, 0.15) is 356 Å². The monoisotopic (exact) mass is 1300 g/mol. The van der Waals surface area contributed by atoms with Crippen LogP contribution >= 0.6 is 15.6 Å². The van der Waals surface area contributed by atoms with Crippen molar-refractivity contribution in [1.82, 2.24) is 0 Å². The van der Waals surface area contributed by atoms with Crippen molar-refractivity contribution in [1.29, 1.82) is 0 Å². The molecule has 0 rings (SSSR count). The smallest absolute Gasteiger partial charge is 0.462 e. The van der Waals surface area contributed by atoms with E-state index in [0.29, 0.717) is 25.7 Å². The van der Waals surface area contributed by atoms with Gasteiger partial charge in [0.25, 0.3) is 0 Å². The van der Waals surface area contributed by atoms with Crippen molar-refractivity contribution in [3.63, 3.8) is 0 Å². The highest BCUT2D eigenvalue weighted by atomic mass is 31.2. The minimum Gasteiger partial charge on any atom is -0.462 e. The molecule has 0 aliphatic rings. The molecule has 0 heterocycles. The first-order chi connectivity index (χ1) is 42.6. The maximum absolute atomic E-state index is 13.0. The Kier molecular flexibility index (Phi) is 61.1. The fourth-order valence-electron chi connectivity index (χ4n) is 10.4. The lowest BCUT2D eigenvalue weighted by Gasteiger charge is -2.21. The van der Waals surface area contributed by atoms with Gasteiger partial charge in [0.05, 0.1) is 26.4 Å². The highest BCUT2D eigenvalue weighted by molar-refractivity contribution is 7.47. The first-order valence-electron chi connectivity index (χ1n) is 36.2. The Hall–Kier alpha value is -1.94. The summed E-state index contributed by atoms with van der Waals surface area (Å²) in [5.41, 5.74) is 0. The first kappa shape index (κ1) is 86.1. The third-order valence-corrected chi connectivity index (χ3v) is 18.3. The number of aliphatic hydroxyl groups is 1. The van der Waals surface area contributed by atoms with Gasteiger partial charge < -0.3 is 33.8 Å². The van der Waals surface area contributed by atoms with Gasteiger partial charge in [-0.15, -0.1) is 0 Å². The lowest BCUT2D eigenvalue weighted by Crippen LogP contribution is -2.30. The summed E-state index contributed by atoms with van der Waals surface area (Å²) in [4.78, 5) is 72.1. The second-order valence-electron chi connectivity index (χ2n) is 25.2. The molecule has 0 aromatic heterocycles. The molecule has 0 amide bonds.